The third-order valence-corrected chi connectivity index (χ3v) is 9.24. The van der Waals surface area contributed by atoms with Crippen LogP contribution in [0.15, 0.2) is 122 Å². The van der Waals surface area contributed by atoms with Crippen molar-refractivity contribution in [2.45, 2.75) is 187 Å². The van der Waals surface area contributed by atoms with Crippen LogP contribution in [0.5, 0.6) is 0 Å². The number of hydrogen-bond donors (Lipinski definition) is 0. The summed E-state index contributed by atoms with van der Waals surface area (Å²) in [4.78, 5) is 37.7. The van der Waals surface area contributed by atoms with E-state index >= 15 is 0 Å². The van der Waals surface area contributed by atoms with Gasteiger partial charge in [0.2, 0.25) is 0 Å². The summed E-state index contributed by atoms with van der Waals surface area (Å²) >= 11 is 0. The van der Waals surface area contributed by atoms with Crippen LogP contribution in [0.1, 0.15) is 181 Å². The predicted octanol–water partition coefficient (Wildman–Crippen LogP) is 15.4. The normalized spacial score (nSPS) is 13.2. The van der Waals surface area contributed by atoms with Gasteiger partial charge in [-0.15, -0.1) is 0 Å². The van der Waals surface area contributed by atoms with Crippen LogP contribution in [0.3, 0.4) is 0 Å². The second-order valence-electron chi connectivity index (χ2n) is 14.9. The summed E-state index contributed by atoms with van der Waals surface area (Å²) in [5.74, 6) is -1.17. The number of carbonyl (C=O) groups is 3. The minimum absolute atomic E-state index is 0.114. The molecule has 0 aliphatic carbocycles. The zero-order chi connectivity index (χ0) is 43.7. The maximum atomic E-state index is 12.7. The van der Waals surface area contributed by atoms with Gasteiger partial charge in [0.15, 0.2) is 6.10 Å². The lowest BCUT2D eigenvalue weighted by Gasteiger charge is -2.18. The zero-order valence-corrected chi connectivity index (χ0v) is 38.2. The van der Waals surface area contributed by atoms with E-state index in [1.165, 1.54) is 44.9 Å². The number of hydrogen-bond acceptors (Lipinski definition) is 6. The molecule has 0 saturated heterocycles. The van der Waals surface area contributed by atoms with Gasteiger partial charge in [0, 0.05) is 12.8 Å². The molecule has 1 atom stereocenters. The lowest BCUT2D eigenvalue weighted by atomic mass is 10.1. The van der Waals surface area contributed by atoms with Crippen molar-refractivity contribution in [3.05, 3.63) is 122 Å². The molecule has 0 spiro atoms. The van der Waals surface area contributed by atoms with E-state index in [2.05, 4.69) is 130 Å². The monoisotopic (exact) mass is 829 g/mol. The van der Waals surface area contributed by atoms with E-state index in [1.54, 1.807) is 6.08 Å². The summed E-state index contributed by atoms with van der Waals surface area (Å²) in [5.41, 5.74) is 0. The highest BCUT2D eigenvalue weighted by Gasteiger charge is 2.19. The molecule has 0 rings (SSSR count). The third-order valence-electron chi connectivity index (χ3n) is 9.24. The SMILES string of the molecule is CC/C=C\C/C=C\C/C=C\C/C=C\C/C=C\CCCC(=O)OCC(COC(=O)C/C=C\C/C=C\C/C=C\CC)OC(=O)CCCCC/C=C\C=C/CCCCCCCCC. The Morgan fingerprint density at radius 3 is 1.30 bits per heavy atom. The highest BCUT2D eigenvalue weighted by atomic mass is 16.6. The molecule has 0 aromatic carbocycles. The first kappa shape index (κ1) is 55.8. The van der Waals surface area contributed by atoms with Crippen LogP contribution in [0.4, 0.5) is 0 Å². The van der Waals surface area contributed by atoms with Crippen molar-refractivity contribution in [1.82, 2.24) is 0 Å². The number of unbranched alkanes of at least 4 members (excludes halogenated alkanes) is 11. The van der Waals surface area contributed by atoms with Gasteiger partial charge in [-0.05, 0) is 96.3 Å². The second-order valence-corrected chi connectivity index (χ2v) is 14.9. The summed E-state index contributed by atoms with van der Waals surface area (Å²) in [6.45, 7) is 6.20. The number of carbonyl (C=O) groups excluding carboxylic acids is 3. The Morgan fingerprint density at radius 2 is 0.783 bits per heavy atom. The molecule has 6 heteroatoms. The smallest absolute Gasteiger partial charge is 0.309 e. The van der Waals surface area contributed by atoms with Gasteiger partial charge in [0.1, 0.15) is 13.2 Å². The van der Waals surface area contributed by atoms with E-state index in [0.717, 1.165) is 83.5 Å². The van der Waals surface area contributed by atoms with Gasteiger partial charge in [-0.25, -0.2) is 0 Å². The van der Waals surface area contributed by atoms with E-state index < -0.39 is 12.1 Å². The fourth-order valence-electron chi connectivity index (χ4n) is 5.76. The number of ether oxygens (including phenoxy) is 3. The first-order valence-corrected chi connectivity index (χ1v) is 23.6. The van der Waals surface area contributed by atoms with Crippen LogP contribution in [-0.4, -0.2) is 37.2 Å². The van der Waals surface area contributed by atoms with Crippen molar-refractivity contribution in [3.63, 3.8) is 0 Å². The Morgan fingerprint density at radius 1 is 0.383 bits per heavy atom. The Labute approximate surface area is 367 Å². The van der Waals surface area contributed by atoms with Gasteiger partial charge in [-0.1, -0.05) is 187 Å². The van der Waals surface area contributed by atoms with Crippen LogP contribution in [0, 0.1) is 0 Å². The lowest BCUT2D eigenvalue weighted by Crippen LogP contribution is -2.30. The molecule has 0 radical (unpaired) electrons. The minimum atomic E-state index is -0.852. The molecule has 0 fully saturated rings. The molecule has 0 aromatic heterocycles. The summed E-state index contributed by atoms with van der Waals surface area (Å²) < 4.78 is 16.5. The van der Waals surface area contributed by atoms with Crippen LogP contribution in [0.25, 0.3) is 0 Å². The highest BCUT2D eigenvalue weighted by molar-refractivity contribution is 5.72. The van der Waals surface area contributed by atoms with Gasteiger partial charge >= 0.3 is 17.9 Å². The summed E-state index contributed by atoms with van der Waals surface area (Å²) in [7, 11) is 0. The molecule has 0 N–H and O–H groups in total. The van der Waals surface area contributed by atoms with E-state index in [0.29, 0.717) is 12.8 Å². The Kier molecular flexibility index (Phi) is 44.2. The second kappa shape index (κ2) is 47.5. The summed E-state index contributed by atoms with van der Waals surface area (Å²) in [6, 6.07) is 0. The van der Waals surface area contributed by atoms with Crippen LogP contribution < -0.4 is 0 Å². The van der Waals surface area contributed by atoms with Crippen molar-refractivity contribution < 1.29 is 28.6 Å². The first-order chi connectivity index (χ1) is 29.5. The number of esters is 3. The van der Waals surface area contributed by atoms with E-state index in [1.807, 2.05) is 6.08 Å². The van der Waals surface area contributed by atoms with E-state index in [9.17, 15) is 14.4 Å². The van der Waals surface area contributed by atoms with E-state index in [4.69, 9.17) is 14.2 Å². The molecule has 6 nitrogen and oxygen atoms in total. The third kappa shape index (κ3) is 44.9. The standard InChI is InChI=1S/C54H84O6/c1-4-7-10-13-16-19-21-23-25-27-29-30-32-35-38-41-44-47-53(56)59-50-51(49-58-52(55)46-43-40-37-34-18-15-12-9-6-3)60-54(57)48-45-42-39-36-33-31-28-26-24-22-20-17-14-11-8-5-2/h7,9-10,12,16,18-19,23,25-26,28-31,33-35,38,40,43,51H,4-6,8,11,13-15,17,20-22,24,27,32,36-37,39,41-42,44-50H2,1-3H3/b10-7-,12-9-,19-16-,25-23-,28-26-,30-29-,33-31-,34-18-,38-35-,43-40-. The molecule has 60 heavy (non-hydrogen) atoms. The molecule has 1 unspecified atom stereocenters. The van der Waals surface area contributed by atoms with Gasteiger partial charge < -0.3 is 14.2 Å². The maximum absolute atomic E-state index is 12.7. The van der Waals surface area contributed by atoms with Crippen molar-refractivity contribution in [2.24, 2.45) is 0 Å². The van der Waals surface area contributed by atoms with Crippen LogP contribution in [0.2, 0.25) is 0 Å². The van der Waals surface area contributed by atoms with Crippen molar-refractivity contribution in [2.75, 3.05) is 13.2 Å². The van der Waals surface area contributed by atoms with Gasteiger partial charge in [0.05, 0.1) is 6.42 Å². The Balaban J connectivity index is 4.57. The molecule has 0 aromatic rings. The van der Waals surface area contributed by atoms with Gasteiger partial charge in [-0.3, -0.25) is 14.4 Å². The van der Waals surface area contributed by atoms with Crippen molar-refractivity contribution in [3.8, 4) is 0 Å². The average molecular weight is 829 g/mol. The Hall–Kier alpha value is -4.19. The fraction of sp³-hybridized carbons (Fsp3) is 0.574. The molecule has 336 valence electrons. The molecule has 0 aliphatic rings. The van der Waals surface area contributed by atoms with Crippen molar-refractivity contribution in [1.29, 1.82) is 0 Å². The number of allylic oxidation sites excluding steroid dienone is 19. The molecular formula is C54H84O6. The van der Waals surface area contributed by atoms with Crippen LogP contribution in [-0.2, 0) is 28.6 Å². The minimum Gasteiger partial charge on any atom is -0.462 e. The van der Waals surface area contributed by atoms with Crippen molar-refractivity contribution >= 4 is 17.9 Å². The predicted molar refractivity (Wildman–Crippen MR) is 256 cm³/mol. The zero-order valence-electron chi connectivity index (χ0n) is 38.2. The molecule has 0 amide bonds. The maximum Gasteiger partial charge on any atom is 0.309 e. The highest BCUT2D eigenvalue weighted by Crippen LogP contribution is 2.10. The fourth-order valence-corrected chi connectivity index (χ4v) is 5.76. The van der Waals surface area contributed by atoms with Gasteiger partial charge in [0.25, 0.3) is 0 Å². The summed E-state index contributed by atoms with van der Waals surface area (Å²) in [5, 5.41) is 0. The topological polar surface area (TPSA) is 78.9 Å². The molecule has 0 bridgehead atoms. The van der Waals surface area contributed by atoms with Crippen LogP contribution >= 0.6 is 0 Å². The molecular weight excluding hydrogens is 745 g/mol. The average Bonchev–Trinajstić information content (AvgIpc) is 3.24. The quantitative estimate of drug-likeness (QED) is 0.0201. The summed E-state index contributed by atoms with van der Waals surface area (Å²) in [6.07, 6.45) is 65.1. The lowest BCUT2D eigenvalue weighted by molar-refractivity contribution is -0.166. The Bertz CT molecular complexity index is 1320. The van der Waals surface area contributed by atoms with Gasteiger partial charge in [-0.2, -0.15) is 0 Å². The van der Waals surface area contributed by atoms with E-state index in [-0.39, 0.29) is 44.4 Å². The largest absolute Gasteiger partial charge is 0.462 e. The molecule has 0 saturated carbocycles. The molecule has 0 aliphatic heterocycles. The number of rotatable bonds is 40. The molecule has 0 heterocycles. The first-order valence-electron chi connectivity index (χ1n) is 23.6.